The first-order chi connectivity index (χ1) is 4.20. The molecule has 0 aliphatic heterocycles. The summed E-state index contributed by atoms with van der Waals surface area (Å²) in [7, 11) is 0. The molecule has 9 heavy (non-hydrogen) atoms. The Labute approximate surface area is 56.2 Å². The van der Waals surface area contributed by atoms with Crippen molar-refractivity contribution in [1.29, 1.82) is 0 Å². The monoisotopic (exact) mass is 123 g/mol. The fourth-order valence-electron chi connectivity index (χ4n) is 0.949. The van der Waals surface area contributed by atoms with Crippen molar-refractivity contribution >= 4 is 0 Å². The van der Waals surface area contributed by atoms with E-state index in [9.17, 15) is 0 Å². The summed E-state index contributed by atoms with van der Waals surface area (Å²) in [5.74, 6) is 1.26. The average molecular weight is 123 g/mol. The molecule has 2 unspecified atom stereocenters. The zero-order chi connectivity index (χ0) is 6.85. The molecule has 0 heterocycles. The van der Waals surface area contributed by atoms with Gasteiger partial charge in [-0.05, 0) is 17.9 Å². The van der Waals surface area contributed by atoms with Gasteiger partial charge in [0.1, 0.15) is 0 Å². The summed E-state index contributed by atoms with van der Waals surface area (Å²) in [5.41, 5.74) is 6.46. The van der Waals surface area contributed by atoms with Gasteiger partial charge in [-0.2, -0.15) is 0 Å². The van der Waals surface area contributed by atoms with Gasteiger partial charge in [-0.1, -0.05) is 26.0 Å². The van der Waals surface area contributed by atoms with Crippen LogP contribution < -0.4 is 5.73 Å². The molecule has 1 aliphatic carbocycles. The van der Waals surface area contributed by atoms with E-state index in [-0.39, 0.29) is 0 Å². The maximum absolute atomic E-state index is 5.56. The molecule has 0 aromatic heterocycles. The van der Waals surface area contributed by atoms with Crippen molar-refractivity contribution in [2.75, 3.05) is 0 Å². The fourth-order valence-corrected chi connectivity index (χ4v) is 0.949. The Bertz CT molecular complexity index is 156. The number of rotatable bonds is 0. The molecule has 0 bridgehead atoms. The van der Waals surface area contributed by atoms with Gasteiger partial charge in [-0.3, -0.25) is 0 Å². The Morgan fingerprint density at radius 3 is 2.44 bits per heavy atom. The van der Waals surface area contributed by atoms with Gasteiger partial charge >= 0.3 is 0 Å². The first-order valence-electron chi connectivity index (χ1n) is 3.35. The van der Waals surface area contributed by atoms with Gasteiger partial charge in [0.05, 0.1) is 0 Å². The largest absolute Gasteiger partial charge is 0.399 e. The molecule has 2 N–H and O–H groups in total. The van der Waals surface area contributed by atoms with E-state index in [1.54, 1.807) is 0 Å². The van der Waals surface area contributed by atoms with Gasteiger partial charge in [-0.25, -0.2) is 0 Å². The summed E-state index contributed by atoms with van der Waals surface area (Å²) in [6, 6.07) is 0. The summed E-state index contributed by atoms with van der Waals surface area (Å²) < 4.78 is 0. The molecule has 0 radical (unpaired) electrons. The molecule has 50 valence electrons. The van der Waals surface area contributed by atoms with Crippen LogP contribution in [0, 0.1) is 11.8 Å². The van der Waals surface area contributed by atoms with Crippen molar-refractivity contribution in [1.82, 2.24) is 0 Å². The highest BCUT2D eigenvalue weighted by molar-refractivity contribution is 5.21. The van der Waals surface area contributed by atoms with Gasteiger partial charge in [-0.15, -0.1) is 0 Å². The normalized spacial score (nSPS) is 34.2. The van der Waals surface area contributed by atoms with Crippen LogP contribution in [-0.4, -0.2) is 0 Å². The quantitative estimate of drug-likeness (QED) is 0.521. The minimum absolute atomic E-state index is 0.606. The number of nitrogens with two attached hydrogens (primary N) is 1. The lowest BCUT2D eigenvalue weighted by Crippen LogP contribution is -2.10. The standard InChI is InChI=1S/C8H13N/c1-6-3-4-8(9)5-7(6)2/h3-7H,9H2,1-2H3. The molecule has 0 amide bonds. The molecule has 1 nitrogen and oxygen atoms in total. The minimum Gasteiger partial charge on any atom is -0.399 e. The molecular weight excluding hydrogens is 110 g/mol. The molecule has 0 spiro atoms. The molecular formula is C8H13N. The van der Waals surface area contributed by atoms with E-state index in [0.29, 0.717) is 11.8 Å². The molecule has 1 aliphatic rings. The first-order valence-corrected chi connectivity index (χ1v) is 3.35. The predicted molar refractivity (Wildman–Crippen MR) is 39.7 cm³/mol. The van der Waals surface area contributed by atoms with E-state index < -0.39 is 0 Å². The highest BCUT2D eigenvalue weighted by atomic mass is 14.6. The average Bonchev–Trinajstić information content (AvgIpc) is 1.80. The van der Waals surface area contributed by atoms with E-state index in [0.717, 1.165) is 5.70 Å². The lowest BCUT2D eigenvalue weighted by atomic mass is 9.91. The van der Waals surface area contributed by atoms with Gasteiger partial charge < -0.3 is 5.73 Å². The topological polar surface area (TPSA) is 26.0 Å². The third kappa shape index (κ3) is 1.35. The van der Waals surface area contributed by atoms with Crippen LogP contribution in [0.4, 0.5) is 0 Å². The lowest BCUT2D eigenvalue weighted by Gasteiger charge is -2.16. The second-order valence-corrected chi connectivity index (χ2v) is 2.74. The molecule has 1 rings (SSSR count). The summed E-state index contributed by atoms with van der Waals surface area (Å²) in [4.78, 5) is 0. The molecule has 0 fully saturated rings. The van der Waals surface area contributed by atoms with E-state index in [1.165, 1.54) is 0 Å². The summed E-state index contributed by atoms with van der Waals surface area (Å²) in [6.45, 7) is 4.38. The van der Waals surface area contributed by atoms with E-state index in [4.69, 9.17) is 5.73 Å². The zero-order valence-corrected chi connectivity index (χ0v) is 5.96. The fraction of sp³-hybridized carbons (Fsp3) is 0.500. The molecule has 1 heteroatoms. The highest BCUT2D eigenvalue weighted by Gasteiger charge is 2.09. The van der Waals surface area contributed by atoms with Crippen LogP contribution in [0.5, 0.6) is 0 Å². The highest BCUT2D eigenvalue weighted by Crippen LogP contribution is 2.19. The van der Waals surface area contributed by atoms with Crippen molar-refractivity contribution in [3.8, 4) is 0 Å². The Morgan fingerprint density at radius 1 is 1.33 bits per heavy atom. The second-order valence-electron chi connectivity index (χ2n) is 2.74. The number of allylic oxidation sites excluding steroid dienone is 3. The van der Waals surface area contributed by atoms with Gasteiger partial charge in [0.15, 0.2) is 0 Å². The van der Waals surface area contributed by atoms with Crippen LogP contribution in [0.15, 0.2) is 23.9 Å². The lowest BCUT2D eigenvalue weighted by molar-refractivity contribution is 0.548. The van der Waals surface area contributed by atoms with Crippen LogP contribution in [0.1, 0.15) is 13.8 Å². The molecule has 0 aromatic rings. The van der Waals surface area contributed by atoms with Gasteiger partial charge in [0.25, 0.3) is 0 Å². The molecule has 0 saturated heterocycles. The Hall–Kier alpha value is -0.720. The Morgan fingerprint density at radius 2 is 2.00 bits per heavy atom. The predicted octanol–water partition coefficient (Wildman–Crippen LogP) is 1.67. The van der Waals surface area contributed by atoms with Gasteiger partial charge in [0.2, 0.25) is 0 Å². The van der Waals surface area contributed by atoms with Crippen LogP contribution in [0.3, 0.4) is 0 Å². The zero-order valence-electron chi connectivity index (χ0n) is 5.96. The second kappa shape index (κ2) is 2.26. The maximum atomic E-state index is 5.56. The minimum atomic E-state index is 0.606. The smallest absolute Gasteiger partial charge is 0.0273 e. The number of hydrogen-bond acceptors (Lipinski definition) is 1. The summed E-state index contributed by atoms with van der Waals surface area (Å²) >= 11 is 0. The van der Waals surface area contributed by atoms with Crippen molar-refractivity contribution in [3.63, 3.8) is 0 Å². The molecule has 0 aromatic carbocycles. The Kier molecular flexibility index (Phi) is 1.60. The van der Waals surface area contributed by atoms with Gasteiger partial charge in [0, 0.05) is 5.70 Å². The van der Waals surface area contributed by atoms with E-state index in [1.807, 2.05) is 6.08 Å². The first kappa shape index (κ1) is 6.40. The summed E-state index contributed by atoms with van der Waals surface area (Å²) in [5, 5.41) is 0. The Balaban J connectivity index is 2.70. The van der Waals surface area contributed by atoms with Crippen molar-refractivity contribution < 1.29 is 0 Å². The number of hydrogen-bond donors (Lipinski definition) is 1. The van der Waals surface area contributed by atoms with Crippen molar-refractivity contribution in [2.45, 2.75) is 13.8 Å². The van der Waals surface area contributed by atoms with Crippen LogP contribution in [-0.2, 0) is 0 Å². The molecule has 0 saturated carbocycles. The third-order valence-electron chi connectivity index (χ3n) is 1.88. The summed E-state index contributed by atoms with van der Waals surface area (Å²) in [6.07, 6.45) is 6.23. The molecule has 2 atom stereocenters. The van der Waals surface area contributed by atoms with E-state index >= 15 is 0 Å². The van der Waals surface area contributed by atoms with Crippen molar-refractivity contribution in [2.24, 2.45) is 17.6 Å². The van der Waals surface area contributed by atoms with Crippen LogP contribution >= 0.6 is 0 Å². The SMILES string of the molecule is CC1C=CC(N)=CC1C. The van der Waals surface area contributed by atoms with Crippen LogP contribution in [0.2, 0.25) is 0 Å². The maximum Gasteiger partial charge on any atom is 0.0273 e. The van der Waals surface area contributed by atoms with Crippen LogP contribution in [0.25, 0.3) is 0 Å². The third-order valence-corrected chi connectivity index (χ3v) is 1.88. The van der Waals surface area contributed by atoms with Crippen molar-refractivity contribution in [3.05, 3.63) is 23.9 Å². The van der Waals surface area contributed by atoms with E-state index in [2.05, 4.69) is 26.0 Å².